The third kappa shape index (κ3) is 3.30. The molecule has 0 amide bonds. The van der Waals surface area contributed by atoms with E-state index < -0.39 is 0 Å². The highest BCUT2D eigenvalue weighted by Gasteiger charge is 2.11. The topological polar surface area (TPSA) is 59.9 Å². The van der Waals surface area contributed by atoms with Crippen LogP contribution < -0.4 is 10.1 Å². The zero-order valence-electron chi connectivity index (χ0n) is 14.0. The van der Waals surface area contributed by atoms with Crippen LogP contribution >= 0.6 is 11.6 Å². The Bertz CT molecular complexity index is 1050. The predicted octanol–water partition coefficient (Wildman–Crippen LogP) is 5.10. The molecule has 0 bridgehead atoms. The molecule has 0 aliphatic heterocycles. The minimum atomic E-state index is 0.601. The number of nitrogens with zero attached hydrogens (tertiary/aromatic N) is 3. The van der Waals surface area contributed by atoms with Crippen LogP contribution in [-0.4, -0.2) is 22.1 Å². The Balaban J connectivity index is 1.83. The first-order valence-electron chi connectivity index (χ1n) is 8.02. The van der Waals surface area contributed by atoms with Crippen molar-refractivity contribution in [2.75, 3.05) is 12.4 Å². The van der Waals surface area contributed by atoms with Gasteiger partial charge in [-0.25, -0.2) is 9.97 Å². The van der Waals surface area contributed by atoms with Crippen LogP contribution in [0.1, 0.15) is 0 Å². The number of nitrogens with one attached hydrogen (secondary N) is 1. The summed E-state index contributed by atoms with van der Waals surface area (Å²) in [5.74, 6) is 2.08. The van der Waals surface area contributed by atoms with Crippen LogP contribution in [0.25, 0.3) is 22.3 Å². The summed E-state index contributed by atoms with van der Waals surface area (Å²) in [7, 11) is 1.64. The molecule has 4 rings (SSSR count). The maximum Gasteiger partial charge on any atom is 0.163 e. The maximum atomic E-state index is 6.18. The minimum Gasteiger partial charge on any atom is -0.497 e. The van der Waals surface area contributed by atoms with Gasteiger partial charge in [-0.05, 0) is 54.6 Å². The van der Waals surface area contributed by atoms with Gasteiger partial charge >= 0.3 is 0 Å². The zero-order chi connectivity index (χ0) is 17.9. The third-order valence-electron chi connectivity index (χ3n) is 3.93. The number of pyridine rings is 1. The first-order chi connectivity index (χ1) is 12.7. The fourth-order valence-electron chi connectivity index (χ4n) is 2.63. The molecular weight excluding hydrogens is 348 g/mol. The standard InChI is InChI=1S/C20H15ClN4O/c1-26-16-7-5-15(6-8-16)23-20-17-11-14(21)4-9-18(17)24-19(25-20)13-3-2-10-22-12-13/h2-12H,1H3,(H,23,24,25). The smallest absolute Gasteiger partial charge is 0.163 e. The molecule has 2 heterocycles. The zero-order valence-corrected chi connectivity index (χ0v) is 14.7. The number of fused-ring (bicyclic) bond motifs is 1. The highest BCUT2D eigenvalue weighted by Crippen LogP contribution is 2.29. The quantitative estimate of drug-likeness (QED) is 0.547. The summed E-state index contributed by atoms with van der Waals surface area (Å²) in [5, 5.41) is 4.83. The van der Waals surface area contributed by atoms with Crippen LogP contribution in [-0.2, 0) is 0 Å². The van der Waals surface area contributed by atoms with Crippen molar-refractivity contribution >= 4 is 34.0 Å². The van der Waals surface area contributed by atoms with E-state index in [9.17, 15) is 0 Å². The molecule has 0 unspecified atom stereocenters. The van der Waals surface area contributed by atoms with Gasteiger partial charge in [-0.2, -0.15) is 0 Å². The van der Waals surface area contributed by atoms with Gasteiger partial charge in [0.2, 0.25) is 0 Å². The number of benzene rings is 2. The van der Waals surface area contributed by atoms with Gasteiger partial charge in [-0.15, -0.1) is 0 Å². The van der Waals surface area contributed by atoms with Gasteiger partial charge in [0.25, 0.3) is 0 Å². The number of hydrogen-bond donors (Lipinski definition) is 1. The second-order valence-electron chi connectivity index (χ2n) is 5.65. The van der Waals surface area contributed by atoms with Crippen LogP contribution in [0.2, 0.25) is 5.02 Å². The van der Waals surface area contributed by atoms with Crippen LogP contribution in [0.15, 0.2) is 67.0 Å². The van der Waals surface area contributed by atoms with Gasteiger partial charge in [0.1, 0.15) is 11.6 Å². The minimum absolute atomic E-state index is 0.601. The van der Waals surface area contributed by atoms with E-state index in [4.69, 9.17) is 21.3 Å². The number of halogens is 1. The van der Waals surface area contributed by atoms with E-state index in [0.717, 1.165) is 27.9 Å². The highest BCUT2D eigenvalue weighted by molar-refractivity contribution is 6.31. The second kappa shape index (κ2) is 6.98. The molecule has 0 aliphatic carbocycles. The van der Waals surface area contributed by atoms with Crippen LogP contribution in [0.4, 0.5) is 11.5 Å². The van der Waals surface area contributed by atoms with Gasteiger partial charge < -0.3 is 10.1 Å². The highest BCUT2D eigenvalue weighted by atomic mass is 35.5. The molecule has 0 aliphatic rings. The first kappa shape index (κ1) is 16.3. The molecule has 4 aromatic rings. The van der Waals surface area contributed by atoms with Gasteiger partial charge in [0.15, 0.2) is 5.82 Å². The van der Waals surface area contributed by atoms with Crippen LogP contribution in [0, 0.1) is 0 Å². The Labute approximate surface area is 155 Å². The molecule has 1 N–H and O–H groups in total. The number of aromatic nitrogens is 3. The molecule has 0 spiro atoms. The van der Waals surface area contributed by atoms with E-state index in [0.29, 0.717) is 16.7 Å². The molecular formula is C20H15ClN4O. The molecule has 0 saturated carbocycles. The summed E-state index contributed by atoms with van der Waals surface area (Å²) < 4.78 is 5.20. The molecule has 0 saturated heterocycles. The van der Waals surface area contributed by atoms with Gasteiger partial charge in [-0.1, -0.05) is 11.6 Å². The summed E-state index contributed by atoms with van der Waals surface area (Å²) in [6, 6.07) is 17.0. The van der Waals surface area contributed by atoms with Crippen molar-refractivity contribution in [1.82, 2.24) is 15.0 Å². The average molecular weight is 363 g/mol. The lowest BCUT2D eigenvalue weighted by Crippen LogP contribution is -1.99. The van der Waals surface area contributed by atoms with Crippen molar-refractivity contribution in [1.29, 1.82) is 0 Å². The van der Waals surface area contributed by atoms with E-state index in [1.807, 2.05) is 54.6 Å². The number of hydrogen-bond acceptors (Lipinski definition) is 5. The summed E-state index contributed by atoms with van der Waals surface area (Å²) in [5.41, 5.74) is 2.55. The predicted molar refractivity (Wildman–Crippen MR) is 104 cm³/mol. The largest absolute Gasteiger partial charge is 0.497 e. The fourth-order valence-corrected chi connectivity index (χ4v) is 2.80. The van der Waals surface area contributed by atoms with Gasteiger partial charge in [-0.3, -0.25) is 4.98 Å². The van der Waals surface area contributed by atoms with Crippen LogP contribution in [0.3, 0.4) is 0 Å². The van der Waals surface area contributed by atoms with E-state index in [1.165, 1.54) is 0 Å². The molecule has 0 fully saturated rings. The molecule has 2 aromatic heterocycles. The molecule has 0 radical (unpaired) electrons. The van der Waals surface area contributed by atoms with E-state index in [1.54, 1.807) is 19.5 Å². The average Bonchev–Trinajstić information content (AvgIpc) is 2.69. The Morgan fingerprint density at radius 1 is 1.00 bits per heavy atom. The fraction of sp³-hybridized carbons (Fsp3) is 0.0500. The number of rotatable bonds is 4. The maximum absolute atomic E-state index is 6.18. The first-order valence-corrected chi connectivity index (χ1v) is 8.39. The van der Waals surface area contributed by atoms with E-state index >= 15 is 0 Å². The van der Waals surface area contributed by atoms with Crippen molar-refractivity contribution in [2.24, 2.45) is 0 Å². The Morgan fingerprint density at radius 2 is 1.85 bits per heavy atom. The van der Waals surface area contributed by atoms with Crippen molar-refractivity contribution in [3.63, 3.8) is 0 Å². The normalized spacial score (nSPS) is 10.7. The molecule has 5 nitrogen and oxygen atoms in total. The van der Waals surface area contributed by atoms with Gasteiger partial charge in [0, 0.05) is 34.1 Å². The van der Waals surface area contributed by atoms with Gasteiger partial charge in [0.05, 0.1) is 12.6 Å². The van der Waals surface area contributed by atoms with E-state index in [-0.39, 0.29) is 0 Å². The van der Waals surface area contributed by atoms with Crippen molar-refractivity contribution in [3.8, 4) is 17.1 Å². The monoisotopic (exact) mass is 362 g/mol. The van der Waals surface area contributed by atoms with E-state index in [2.05, 4.69) is 15.3 Å². The molecule has 6 heteroatoms. The number of ether oxygens (including phenoxy) is 1. The Morgan fingerprint density at radius 3 is 2.58 bits per heavy atom. The molecule has 2 aromatic carbocycles. The summed E-state index contributed by atoms with van der Waals surface area (Å²) >= 11 is 6.18. The molecule has 128 valence electrons. The SMILES string of the molecule is COc1ccc(Nc2nc(-c3cccnc3)nc3ccc(Cl)cc23)cc1. The third-order valence-corrected chi connectivity index (χ3v) is 4.17. The molecule has 0 atom stereocenters. The number of anilines is 2. The lowest BCUT2D eigenvalue weighted by atomic mass is 10.2. The van der Waals surface area contributed by atoms with Crippen LogP contribution in [0.5, 0.6) is 5.75 Å². The lowest BCUT2D eigenvalue weighted by Gasteiger charge is -2.12. The lowest BCUT2D eigenvalue weighted by molar-refractivity contribution is 0.415. The van der Waals surface area contributed by atoms with Crippen molar-refractivity contribution in [3.05, 3.63) is 72.0 Å². The summed E-state index contributed by atoms with van der Waals surface area (Å²) in [4.78, 5) is 13.5. The summed E-state index contributed by atoms with van der Waals surface area (Å²) in [6.45, 7) is 0. The second-order valence-corrected chi connectivity index (χ2v) is 6.09. The summed E-state index contributed by atoms with van der Waals surface area (Å²) in [6.07, 6.45) is 3.47. The Kier molecular flexibility index (Phi) is 4.37. The van der Waals surface area contributed by atoms with Crippen molar-refractivity contribution in [2.45, 2.75) is 0 Å². The number of methoxy groups -OCH3 is 1. The van der Waals surface area contributed by atoms with Crippen molar-refractivity contribution < 1.29 is 4.74 Å². The Hall–Kier alpha value is -3.18. The molecule has 26 heavy (non-hydrogen) atoms.